The average Bonchev–Trinajstić information content (AvgIpc) is 2.87. The first-order valence-corrected chi connectivity index (χ1v) is 9.46. The van der Waals surface area contributed by atoms with E-state index in [-0.39, 0.29) is 0 Å². The normalized spacial score (nSPS) is 30.3. The van der Waals surface area contributed by atoms with Gasteiger partial charge in [0.05, 0.1) is 0 Å². The van der Waals surface area contributed by atoms with Crippen molar-refractivity contribution in [1.29, 1.82) is 3.56 Å². The Labute approximate surface area is 124 Å². The smallest absolute Gasteiger partial charge is 0.115 e. The number of hydrogen-bond donors (Lipinski definition) is 1. The zero-order valence-corrected chi connectivity index (χ0v) is 13.2. The first-order valence-electron chi connectivity index (χ1n) is 7.13. The van der Waals surface area contributed by atoms with Gasteiger partial charge in [-0.3, -0.25) is 8.55 Å². The molecular weight excluding hydrogens is 354 g/mol. The largest absolute Gasteiger partial charge is 0.278 e. The Kier molecular flexibility index (Phi) is 3.96. The van der Waals surface area contributed by atoms with Crippen LogP contribution in [-0.4, -0.2) is 14.6 Å². The summed E-state index contributed by atoms with van der Waals surface area (Å²) in [4.78, 5) is 4.50. The Balaban J connectivity index is 1.69. The lowest BCUT2D eigenvalue weighted by Gasteiger charge is -2.32. The van der Waals surface area contributed by atoms with Crippen molar-refractivity contribution in [2.45, 2.75) is 61.0 Å². The van der Waals surface area contributed by atoms with Gasteiger partial charge < -0.3 is 0 Å². The van der Waals surface area contributed by atoms with Gasteiger partial charge in [-0.1, -0.05) is 6.07 Å². The van der Waals surface area contributed by atoms with E-state index in [1.54, 1.807) is 0 Å². The van der Waals surface area contributed by atoms with Gasteiger partial charge in [0, 0.05) is 22.2 Å². The Hall–Kier alpha value is -0.390. The molecule has 0 unspecified atom stereocenters. The number of nitrogens with zero attached hydrogens (tertiary/aromatic N) is 1. The lowest BCUT2D eigenvalue weighted by Crippen LogP contribution is -2.32. The summed E-state index contributed by atoms with van der Waals surface area (Å²) in [6.45, 7) is 0. The van der Waals surface area contributed by atoms with E-state index >= 15 is 0 Å². The van der Waals surface area contributed by atoms with Crippen molar-refractivity contribution in [2.75, 3.05) is 0 Å². The highest BCUT2D eigenvalue weighted by molar-refractivity contribution is 14.1. The first kappa shape index (κ1) is 13.6. The number of pyridine rings is 1. The molecule has 0 amide bonds. The van der Waals surface area contributed by atoms with E-state index in [2.05, 4.69) is 11.1 Å². The molecule has 4 heteroatoms. The number of hydrogen-bond acceptors (Lipinski definition) is 2. The van der Waals surface area contributed by atoms with Gasteiger partial charge in [-0.2, -0.15) is 0 Å². The third kappa shape index (κ3) is 3.03. The number of nitrogens with one attached hydrogen (secondary N) is 1. The van der Waals surface area contributed by atoms with Gasteiger partial charge >= 0.3 is 0 Å². The van der Waals surface area contributed by atoms with Crippen molar-refractivity contribution >= 4 is 21.0 Å². The van der Waals surface area contributed by atoms with Crippen LogP contribution in [0.1, 0.15) is 48.9 Å². The Morgan fingerprint density at radius 1 is 1.37 bits per heavy atom. The van der Waals surface area contributed by atoms with Gasteiger partial charge in [0.15, 0.2) is 0 Å². The van der Waals surface area contributed by atoms with Gasteiger partial charge in [-0.25, -0.2) is 4.39 Å². The Bertz CT molecular complexity index is 481. The fourth-order valence-electron chi connectivity index (χ4n) is 3.32. The van der Waals surface area contributed by atoms with Gasteiger partial charge in [-0.15, -0.1) is 0 Å². The lowest BCUT2D eigenvalue weighted by molar-refractivity contribution is 0.111. The molecule has 1 fully saturated rings. The van der Waals surface area contributed by atoms with Crippen LogP contribution in [0.3, 0.4) is 0 Å². The van der Waals surface area contributed by atoms with Crippen molar-refractivity contribution in [1.82, 2.24) is 4.98 Å². The predicted octanol–water partition coefficient (Wildman–Crippen LogP) is 4.50. The minimum absolute atomic E-state index is 0.450. The highest BCUT2D eigenvalue weighted by atomic mass is 127. The molecular formula is C15H20FIN2. The summed E-state index contributed by atoms with van der Waals surface area (Å²) in [5.74, 6) is 0. The van der Waals surface area contributed by atoms with Crippen LogP contribution in [0.5, 0.6) is 0 Å². The van der Waals surface area contributed by atoms with Crippen LogP contribution >= 0.6 is 21.0 Å². The monoisotopic (exact) mass is 374 g/mol. The molecule has 0 radical (unpaired) electrons. The van der Waals surface area contributed by atoms with Crippen LogP contribution in [0, 0.1) is 3.56 Å². The molecule has 1 N–H and O–H groups in total. The second-order valence-electron chi connectivity index (χ2n) is 5.91. The van der Waals surface area contributed by atoms with Gasteiger partial charge in [0.1, 0.15) is 5.67 Å². The molecule has 0 saturated heterocycles. The standard InChI is InChI=1S/C15H20FIN2/c16-15(6-4-13(17-18)5-7-15)9-11-8-12-2-1-3-14(12)19-10-11/h8,10,13,18H,1-7,9H2. The van der Waals surface area contributed by atoms with E-state index in [0.717, 1.165) is 31.2 Å². The summed E-state index contributed by atoms with van der Waals surface area (Å²) >= 11 is -0.450. The molecule has 0 atom stereocenters. The molecule has 3 rings (SSSR count). The SMILES string of the molecule is N=IC1CCC(F)(Cc2cnc3c(c2)CCC3)CC1. The van der Waals surface area contributed by atoms with Crippen LogP contribution in [0.2, 0.25) is 0 Å². The van der Waals surface area contributed by atoms with Crippen LogP contribution in [0.25, 0.3) is 0 Å². The number of alkyl halides is 2. The number of rotatable bonds is 3. The summed E-state index contributed by atoms with van der Waals surface area (Å²) in [5, 5.41) is 0. The number of aromatic nitrogens is 1. The van der Waals surface area contributed by atoms with Crippen molar-refractivity contribution in [3.05, 3.63) is 29.1 Å². The molecule has 19 heavy (non-hydrogen) atoms. The van der Waals surface area contributed by atoms with Crippen LogP contribution in [0.15, 0.2) is 12.3 Å². The predicted molar refractivity (Wildman–Crippen MR) is 82.8 cm³/mol. The Morgan fingerprint density at radius 3 is 2.89 bits per heavy atom. The van der Waals surface area contributed by atoms with E-state index in [4.69, 9.17) is 3.56 Å². The van der Waals surface area contributed by atoms with Crippen molar-refractivity contribution in [2.24, 2.45) is 0 Å². The summed E-state index contributed by atoms with van der Waals surface area (Å²) in [6, 6.07) is 2.18. The fourth-order valence-corrected chi connectivity index (χ4v) is 4.57. The third-order valence-electron chi connectivity index (χ3n) is 4.46. The van der Waals surface area contributed by atoms with E-state index in [1.165, 1.54) is 17.7 Å². The molecule has 2 aliphatic carbocycles. The van der Waals surface area contributed by atoms with Gasteiger partial charge in [-0.05, 0) is 77.1 Å². The molecule has 0 bridgehead atoms. The highest BCUT2D eigenvalue weighted by Crippen LogP contribution is 2.39. The van der Waals surface area contributed by atoms with E-state index in [9.17, 15) is 4.39 Å². The van der Waals surface area contributed by atoms with E-state index in [1.807, 2.05) is 6.20 Å². The van der Waals surface area contributed by atoms with Crippen LogP contribution < -0.4 is 0 Å². The minimum atomic E-state index is -1.04. The molecule has 1 saturated carbocycles. The quantitative estimate of drug-likeness (QED) is 0.614. The lowest BCUT2D eigenvalue weighted by atomic mass is 9.82. The fraction of sp³-hybridized carbons (Fsp3) is 0.667. The number of halogens is 2. The summed E-state index contributed by atoms with van der Waals surface area (Å²) in [6.07, 6.45) is 8.94. The molecule has 0 spiro atoms. The maximum Gasteiger partial charge on any atom is 0.115 e. The molecule has 2 aliphatic rings. The average molecular weight is 374 g/mol. The molecule has 1 heterocycles. The van der Waals surface area contributed by atoms with Gasteiger partial charge in [0.2, 0.25) is 0 Å². The van der Waals surface area contributed by atoms with Crippen LogP contribution in [0.4, 0.5) is 4.39 Å². The molecule has 0 aromatic carbocycles. The summed E-state index contributed by atoms with van der Waals surface area (Å²) < 4.78 is 22.9. The zero-order valence-electron chi connectivity index (χ0n) is 11.1. The molecule has 1 aromatic rings. The molecule has 1 aromatic heterocycles. The van der Waals surface area contributed by atoms with Crippen molar-refractivity contribution in [3.8, 4) is 0 Å². The first-order chi connectivity index (χ1) is 9.18. The van der Waals surface area contributed by atoms with Gasteiger partial charge in [0.25, 0.3) is 0 Å². The molecule has 0 aliphatic heterocycles. The number of aryl methyl sites for hydroxylation is 2. The molecule has 2 nitrogen and oxygen atoms in total. The Morgan fingerprint density at radius 2 is 2.16 bits per heavy atom. The van der Waals surface area contributed by atoms with Crippen molar-refractivity contribution < 1.29 is 4.39 Å². The topological polar surface area (TPSA) is 36.7 Å². The number of fused-ring (bicyclic) bond motifs is 1. The van der Waals surface area contributed by atoms with Crippen LogP contribution in [-0.2, 0) is 19.3 Å². The maximum atomic E-state index is 14.8. The third-order valence-corrected chi connectivity index (χ3v) is 6.59. The zero-order chi connectivity index (χ0) is 13.3. The second kappa shape index (κ2) is 5.54. The highest BCUT2D eigenvalue weighted by Gasteiger charge is 2.35. The minimum Gasteiger partial charge on any atom is -0.278 e. The maximum absolute atomic E-state index is 14.8. The molecule has 104 valence electrons. The van der Waals surface area contributed by atoms with E-state index < -0.39 is 26.7 Å². The summed E-state index contributed by atoms with van der Waals surface area (Å²) in [7, 11) is 0. The second-order valence-corrected chi connectivity index (χ2v) is 8.30. The summed E-state index contributed by atoms with van der Waals surface area (Å²) in [5.41, 5.74) is 2.59. The van der Waals surface area contributed by atoms with Crippen molar-refractivity contribution in [3.63, 3.8) is 0 Å². The van der Waals surface area contributed by atoms with E-state index in [0.29, 0.717) is 23.2 Å².